The number of primary amides is 1. The van der Waals surface area contributed by atoms with Crippen LogP contribution in [0.4, 0.5) is 17.6 Å². The Labute approximate surface area is 226 Å². The number of nitrogens with two attached hydrogens (primary N) is 1. The van der Waals surface area contributed by atoms with E-state index in [1.807, 2.05) is 18.2 Å². The Hall–Kier alpha value is -3.48. The van der Waals surface area contributed by atoms with Crippen LogP contribution in [-0.4, -0.2) is 58.5 Å². The fourth-order valence-corrected chi connectivity index (χ4v) is 5.69. The van der Waals surface area contributed by atoms with Crippen molar-refractivity contribution in [1.29, 1.82) is 0 Å². The summed E-state index contributed by atoms with van der Waals surface area (Å²) in [6.45, 7) is 5.91. The van der Waals surface area contributed by atoms with Gasteiger partial charge in [0.25, 0.3) is 5.91 Å². The first-order chi connectivity index (χ1) is 18.5. The van der Waals surface area contributed by atoms with Crippen LogP contribution in [0.1, 0.15) is 39.4 Å². The van der Waals surface area contributed by atoms with Gasteiger partial charge in [-0.2, -0.15) is 17.6 Å². The molecular weight excluding hydrogens is 534 g/mol. The van der Waals surface area contributed by atoms with Crippen LogP contribution in [-0.2, 0) is 12.7 Å². The van der Waals surface area contributed by atoms with Crippen LogP contribution >= 0.6 is 11.3 Å². The van der Waals surface area contributed by atoms with Crippen molar-refractivity contribution in [2.24, 2.45) is 5.73 Å². The van der Waals surface area contributed by atoms with E-state index in [0.717, 1.165) is 55.7 Å². The number of amides is 1. The first-order valence-corrected chi connectivity index (χ1v) is 13.2. The van der Waals surface area contributed by atoms with Crippen LogP contribution < -0.4 is 10.5 Å². The summed E-state index contributed by atoms with van der Waals surface area (Å²) in [5.74, 6) is -2.33. The number of piperazine rings is 1. The number of carbonyl (C=O) groups is 1. The highest BCUT2D eigenvalue weighted by Crippen LogP contribution is 2.41. The molecule has 2 aromatic carbocycles. The highest BCUT2D eigenvalue weighted by atomic mass is 32.1. The van der Waals surface area contributed by atoms with Crippen LogP contribution in [0.25, 0.3) is 16.0 Å². The molecule has 1 fully saturated rings. The number of hydrogen-bond acceptors (Lipinski definition) is 6. The Balaban J connectivity index is 1.49. The molecule has 0 bridgehead atoms. The fourth-order valence-electron chi connectivity index (χ4n) is 4.73. The van der Waals surface area contributed by atoms with E-state index in [4.69, 9.17) is 10.5 Å². The number of hydrogen-bond donors (Lipinski definition) is 1. The molecule has 0 unspecified atom stereocenters. The fraction of sp³-hybridized carbons (Fsp3) is 0.333. The molecule has 3 heterocycles. The molecule has 7 nitrogen and oxygen atoms in total. The molecule has 0 spiro atoms. The Morgan fingerprint density at radius 1 is 1.15 bits per heavy atom. The van der Waals surface area contributed by atoms with Gasteiger partial charge in [-0.3, -0.25) is 14.3 Å². The quantitative estimate of drug-likeness (QED) is 0.313. The maximum absolute atomic E-state index is 15.9. The molecule has 1 aliphatic rings. The molecule has 2 aromatic heterocycles. The maximum atomic E-state index is 15.9. The SMILES string of the molecule is C[C@@H](Oc1c(C(N)=O)sc(-n2cnc3ccc(CN4CCN(C)CC4)cc32)c1F)c1ccccc1C(F)(F)F. The number of benzene rings is 2. The van der Waals surface area contributed by atoms with E-state index in [2.05, 4.69) is 21.8 Å². The third kappa shape index (κ3) is 5.49. The van der Waals surface area contributed by atoms with Gasteiger partial charge in [0.1, 0.15) is 22.3 Å². The lowest BCUT2D eigenvalue weighted by Crippen LogP contribution is -2.43. The zero-order chi connectivity index (χ0) is 27.9. The second-order valence-corrected chi connectivity index (χ2v) is 10.6. The zero-order valence-corrected chi connectivity index (χ0v) is 22.2. The highest BCUT2D eigenvalue weighted by molar-refractivity contribution is 7.16. The van der Waals surface area contributed by atoms with E-state index in [0.29, 0.717) is 11.0 Å². The third-order valence-electron chi connectivity index (χ3n) is 6.85. The van der Waals surface area contributed by atoms with Crippen molar-refractivity contribution in [2.45, 2.75) is 25.7 Å². The third-order valence-corrected chi connectivity index (χ3v) is 8.01. The topological polar surface area (TPSA) is 76.6 Å². The average molecular weight is 562 g/mol. The van der Waals surface area contributed by atoms with Gasteiger partial charge in [0.15, 0.2) is 5.75 Å². The molecule has 0 radical (unpaired) electrons. The Morgan fingerprint density at radius 2 is 1.87 bits per heavy atom. The lowest BCUT2D eigenvalue weighted by molar-refractivity contribution is -0.139. The van der Waals surface area contributed by atoms with Crippen molar-refractivity contribution in [3.63, 3.8) is 0 Å². The molecule has 39 heavy (non-hydrogen) atoms. The van der Waals surface area contributed by atoms with Crippen molar-refractivity contribution < 1.29 is 27.1 Å². The number of ether oxygens (including phenoxy) is 1. The number of imidazole rings is 1. The summed E-state index contributed by atoms with van der Waals surface area (Å²) in [6.07, 6.45) is -4.40. The average Bonchev–Trinajstić information content (AvgIpc) is 3.45. The van der Waals surface area contributed by atoms with Gasteiger partial charge in [0.05, 0.1) is 16.6 Å². The van der Waals surface area contributed by atoms with E-state index in [1.54, 1.807) is 0 Å². The molecule has 0 aliphatic carbocycles. The molecule has 2 N–H and O–H groups in total. The number of rotatable bonds is 7. The number of aromatic nitrogens is 2. The van der Waals surface area contributed by atoms with Crippen molar-refractivity contribution in [3.05, 3.63) is 76.2 Å². The summed E-state index contributed by atoms with van der Waals surface area (Å²) in [7, 11) is 2.09. The molecule has 1 aliphatic heterocycles. The molecule has 1 saturated heterocycles. The predicted molar refractivity (Wildman–Crippen MR) is 141 cm³/mol. The molecular formula is C27H27F4N5O2S. The first-order valence-electron chi connectivity index (χ1n) is 12.3. The van der Waals surface area contributed by atoms with E-state index in [1.165, 1.54) is 36.0 Å². The molecule has 206 valence electrons. The number of likely N-dealkylation sites (N-methyl/N-ethyl adjacent to an activating group) is 1. The second kappa shape index (κ2) is 10.6. The standard InChI is InChI=1S/C27H27F4N5O2S/c1-16(18-5-3-4-6-19(18)27(29,30)31)38-23-22(28)26(39-24(23)25(32)37)36-15-33-20-8-7-17(13-21(20)36)14-35-11-9-34(2)10-12-35/h3-8,13,15-16H,9-12,14H2,1-2H3,(H2,32,37)/t16-/m1/s1. The Bertz CT molecular complexity index is 1510. The predicted octanol–water partition coefficient (Wildman–Crippen LogP) is 5.23. The summed E-state index contributed by atoms with van der Waals surface area (Å²) in [5.41, 5.74) is 6.71. The first kappa shape index (κ1) is 27.1. The largest absolute Gasteiger partial charge is 0.481 e. The number of alkyl halides is 3. The monoisotopic (exact) mass is 561 g/mol. The van der Waals surface area contributed by atoms with Gasteiger partial charge >= 0.3 is 6.18 Å². The van der Waals surface area contributed by atoms with E-state index >= 15 is 4.39 Å². The number of nitrogens with zero attached hydrogens (tertiary/aromatic N) is 4. The van der Waals surface area contributed by atoms with Gasteiger partial charge in [0, 0.05) is 38.3 Å². The van der Waals surface area contributed by atoms with Crippen molar-refractivity contribution in [2.75, 3.05) is 33.2 Å². The Kier molecular flexibility index (Phi) is 7.36. The van der Waals surface area contributed by atoms with Gasteiger partial charge in [-0.1, -0.05) is 24.3 Å². The molecule has 0 saturated carbocycles. The van der Waals surface area contributed by atoms with Crippen molar-refractivity contribution >= 4 is 28.3 Å². The van der Waals surface area contributed by atoms with Gasteiger partial charge < -0.3 is 15.4 Å². The molecule has 1 atom stereocenters. The number of halogens is 4. The number of thiophene rings is 1. The second-order valence-electron chi connectivity index (χ2n) is 9.61. The summed E-state index contributed by atoms with van der Waals surface area (Å²) >= 11 is 0.766. The van der Waals surface area contributed by atoms with Crippen molar-refractivity contribution in [3.8, 4) is 10.8 Å². The Morgan fingerprint density at radius 3 is 2.56 bits per heavy atom. The van der Waals surface area contributed by atoms with Crippen molar-refractivity contribution in [1.82, 2.24) is 19.4 Å². The number of carbonyl (C=O) groups excluding carboxylic acids is 1. The lowest BCUT2D eigenvalue weighted by atomic mass is 10.0. The molecule has 5 rings (SSSR count). The summed E-state index contributed by atoms with van der Waals surface area (Å²) in [4.78, 5) is 21.0. The zero-order valence-electron chi connectivity index (χ0n) is 21.3. The molecule has 12 heteroatoms. The van der Waals surface area contributed by atoms with Crippen LogP contribution in [0, 0.1) is 5.82 Å². The molecule has 1 amide bonds. The van der Waals surface area contributed by atoms with Gasteiger partial charge in [-0.15, -0.1) is 11.3 Å². The van der Waals surface area contributed by atoms with Crippen LogP contribution in [0.15, 0.2) is 48.8 Å². The summed E-state index contributed by atoms with van der Waals surface area (Å²) < 4.78 is 63.7. The maximum Gasteiger partial charge on any atom is 0.416 e. The lowest BCUT2D eigenvalue weighted by Gasteiger charge is -2.32. The van der Waals surface area contributed by atoms with Gasteiger partial charge in [0.2, 0.25) is 5.82 Å². The minimum Gasteiger partial charge on any atom is -0.481 e. The highest BCUT2D eigenvalue weighted by Gasteiger charge is 2.35. The minimum atomic E-state index is -4.63. The van der Waals surface area contributed by atoms with Gasteiger partial charge in [-0.25, -0.2) is 4.98 Å². The molecule has 4 aromatic rings. The van der Waals surface area contributed by atoms with Gasteiger partial charge in [-0.05, 0) is 37.7 Å². The van der Waals surface area contributed by atoms with Crippen LogP contribution in [0.3, 0.4) is 0 Å². The van der Waals surface area contributed by atoms with Crippen LogP contribution in [0.2, 0.25) is 0 Å². The summed E-state index contributed by atoms with van der Waals surface area (Å²) in [5, 5.41) is 0.00866. The normalized spacial score (nSPS) is 16.1. The van der Waals surface area contributed by atoms with E-state index < -0.39 is 35.3 Å². The minimum absolute atomic E-state index is 0.00866. The van der Waals surface area contributed by atoms with Crippen LogP contribution in [0.5, 0.6) is 5.75 Å². The van der Waals surface area contributed by atoms with E-state index in [-0.39, 0.29) is 15.4 Å². The summed E-state index contributed by atoms with van der Waals surface area (Å²) in [6, 6.07) is 10.6. The number of fused-ring (bicyclic) bond motifs is 1. The van der Waals surface area contributed by atoms with E-state index in [9.17, 15) is 18.0 Å². The smallest absolute Gasteiger partial charge is 0.416 e.